The van der Waals surface area contributed by atoms with Gasteiger partial charge in [-0.1, -0.05) is 53.6 Å². The fourth-order valence-corrected chi connectivity index (χ4v) is 1.81. The molecule has 0 heterocycles. The fraction of sp³-hybridized carbons (Fsp3) is 0.300. The van der Waals surface area contributed by atoms with Crippen molar-refractivity contribution in [2.45, 2.75) is 40.5 Å². The van der Waals surface area contributed by atoms with Gasteiger partial charge in [-0.3, -0.25) is 0 Å². The van der Waals surface area contributed by atoms with Crippen LogP contribution in [0.3, 0.4) is 0 Å². The smallest absolute Gasteiger partial charge is 0.0936 e. The van der Waals surface area contributed by atoms with Gasteiger partial charge >= 0.3 is 0 Å². The molecule has 1 rings (SSSR count). The minimum Gasteiger partial charge on any atom is -0.472 e. The van der Waals surface area contributed by atoms with E-state index in [1.54, 1.807) is 12.5 Å². The first-order chi connectivity index (χ1) is 10.1. The molecule has 0 aromatic heterocycles. The predicted molar refractivity (Wildman–Crippen MR) is 92.7 cm³/mol. The molecular formula is C20H26O. The molecule has 0 aliphatic carbocycles. The highest BCUT2D eigenvalue weighted by atomic mass is 16.5. The van der Waals surface area contributed by atoms with Crippen molar-refractivity contribution in [1.82, 2.24) is 0 Å². The molecule has 0 saturated heterocycles. The van der Waals surface area contributed by atoms with Gasteiger partial charge in [-0.25, -0.2) is 0 Å². The van der Waals surface area contributed by atoms with E-state index in [9.17, 15) is 0 Å². The van der Waals surface area contributed by atoms with E-state index < -0.39 is 0 Å². The maximum Gasteiger partial charge on any atom is 0.0936 e. The molecule has 0 unspecified atom stereocenters. The average Bonchev–Trinajstić information content (AvgIpc) is 2.48. The quantitative estimate of drug-likeness (QED) is 0.248. The lowest BCUT2D eigenvalue weighted by atomic mass is 10.1. The molecule has 0 aliphatic rings. The van der Waals surface area contributed by atoms with Gasteiger partial charge in [0.15, 0.2) is 0 Å². The van der Waals surface area contributed by atoms with Gasteiger partial charge < -0.3 is 4.74 Å². The molecule has 0 bridgehead atoms. The number of hydrogen-bond acceptors (Lipinski definition) is 1. The Balaban J connectivity index is 2.40. The maximum atomic E-state index is 5.47. The summed E-state index contributed by atoms with van der Waals surface area (Å²) in [6, 6.07) is 10.2. The van der Waals surface area contributed by atoms with Crippen molar-refractivity contribution in [1.29, 1.82) is 0 Å². The summed E-state index contributed by atoms with van der Waals surface area (Å²) in [5.41, 5.74) is 4.90. The lowest BCUT2D eigenvalue weighted by molar-refractivity contribution is 0.404. The Morgan fingerprint density at radius 3 is 2.29 bits per heavy atom. The highest BCUT2D eigenvalue weighted by Gasteiger charge is 1.92. The summed E-state index contributed by atoms with van der Waals surface area (Å²) in [6.45, 7) is 8.40. The van der Waals surface area contributed by atoms with Crippen LogP contribution in [0.5, 0.6) is 0 Å². The molecule has 0 spiro atoms. The molecule has 0 N–H and O–H groups in total. The van der Waals surface area contributed by atoms with E-state index in [0.717, 1.165) is 18.4 Å². The van der Waals surface area contributed by atoms with Crippen LogP contribution in [0.2, 0.25) is 0 Å². The first-order valence-corrected chi connectivity index (χ1v) is 7.44. The van der Waals surface area contributed by atoms with Gasteiger partial charge in [-0.15, -0.1) is 0 Å². The summed E-state index contributed by atoms with van der Waals surface area (Å²) in [5, 5.41) is 0. The molecule has 0 radical (unpaired) electrons. The summed E-state index contributed by atoms with van der Waals surface area (Å²) in [7, 11) is 0. The second kappa shape index (κ2) is 9.82. The Labute approximate surface area is 129 Å². The Bertz CT molecular complexity index is 526. The zero-order chi connectivity index (χ0) is 15.5. The van der Waals surface area contributed by atoms with Crippen LogP contribution < -0.4 is 0 Å². The third-order valence-electron chi connectivity index (χ3n) is 3.07. The lowest BCUT2D eigenvalue weighted by Gasteiger charge is -2.00. The van der Waals surface area contributed by atoms with Crippen molar-refractivity contribution >= 4 is 5.57 Å². The van der Waals surface area contributed by atoms with Crippen LogP contribution in [0.25, 0.3) is 5.57 Å². The average molecular weight is 282 g/mol. The van der Waals surface area contributed by atoms with Crippen LogP contribution >= 0.6 is 0 Å². The van der Waals surface area contributed by atoms with E-state index >= 15 is 0 Å². The second-order valence-electron chi connectivity index (χ2n) is 5.41. The first kappa shape index (κ1) is 17.0. The van der Waals surface area contributed by atoms with Crippen LogP contribution in [0, 0.1) is 0 Å². The van der Waals surface area contributed by atoms with E-state index in [1.165, 1.54) is 16.7 Å². The van der Waals surface area contributed by atoms with Crippen molar-refractivity contribution in [2.24, 2.45) is 0 Å². The predicted octanol–water partition coefficient (Wildman–Crippen LogP) is 6.27. The van der Waals surface area contributed by atoms with Crippen LogP contribution in [0.1, 0.15) is 46.1 Å². The van der Waals surface area contributed by atoms with Crippen LogP contribution in [-0.4, -0.2) is 0 Å². The molecule has 0 saturated carbocycles. The van der Waals surface area contributed by atoms with E-state index in [1.807, 2.05) is 31.2 Å². The molecule has 0 atom stereocenters. The first-order valence-electron chi connectivity index (χ1n) is 7.44. The number of hydrogen-bond donors (Lipinski definition) is 0. The van der Waals surface area contributed by atoms with Crippen molar-refractivity contribution < 1.29 is 4.74 Å². The minimum absolute atomic E-state index is 1.07. The van der Waals surface area contributed by atoms with Crippen molar-refractivity contribution in [2.75, 3.05) is 0 Å². The van der Waals surface area contributed by atoms with Gasteiger partial charge in [0.05, 0.1) is 12.5 Å². The molecule has 21 heavy (non-hydrogen) atoms. The summed E-state index contributed by atoms with van der Waals surface area (Å²) >= 11 is 0. The largest absolute Gasteiger partial charge is 0.472 e. The Kier molecular flexibility index (Phi) is 7.96. The number of allylic oxidation sites excluding steroid dienone is 6. The number of ether oxygens (including phenoxy) is 1. The normalized spacial score (nSPS) is 12.6. The van der Waals surface area contributed by atoms with Gasteiger partial charge in [-0.05, 0) is 57.7 Å². The molecule has 0 fully saturated rings. The highest BCUT2D eigenvalue weighted by Crippen LogP contribution is 2.12. The van der Waals surface area contributed by atoms with Crippen LogP contribution in [0.4, 0.5) is 0 Å². The zero-order valence-electron chi connectivity index (χ0n) is 13.6. The molecule has 1 nitrogen and oxygen atoms in total. The van der Waals surface area contributed by atoms with E-state index in [0.29, 0.717) is 0 Å². The van der Waals surface area contributed by atoms with E-state index in [2.05, 4.69) is 45.1 Å². The summed E-state index contributed by atoms with van der Waals surface area (Å²) in [6.07, 6.45) is 12.2. The van der Waals surface area contributed by atoms with Crippen molar-refractivity contribution in [3.63, 3.8) is 0 Å². The van der Waals surface area contributed by atoms with Gasteiger partial charge in [0.2, 0.25) is 0 Å². The van der Waals surface area contributed by atoms with Crippen LogP contribution in [0.15, 0.2) is 72.2 Å². The SMILES string of the molecule is CC(C)=CCC/C=C(C)/C=C/O/C=C(\C)c1ccccc1. The molecule has 1 aromatic carbocycles. The minimum atomic E-state index is 1.07. The lowest BCUT2D eigenvalue weighted by Crippen LogP contribution is -1.79. The van der Waals surface area contributed by atoms with Gasteiger partial charge in [0.1, 0.15) is 0 Å². The summed E-state index contributed by atoms with van der Waals surface area (Å²) in [5.74, 6) is 0. The summed E-state index contributed by atoms with van der Waals surface area (Å²) < 4.78 is 5.47. The molecule has 1 heteroatoms. The summed E-state index contributed by atoms with van der Waals surface area (Å²) in [4.78, 5) is 0. The van der Waals surface area contributed by atoms with Gasteiger partial charge in [0.25, 0.3) is 0 Å². The number of unbranched alkanes of at least 4 members (excludes halogenated alkanes) is 1. The van der Waals surface area contributed by atoms with E-state index in [4.69, 9.17) is 4.74 Å². The third kappa shape index (κ3) is 7.98. The Hall–Kier alpha value is -2.02. The van der Waals surface area contributed by atoms with Crippen LogP contribution in [-0.2, 0) is 4.74 Å². The Morgan fingerprint density at radius 1 is 0.952 bits per heavy atom. The molecule has 1 aromatic rings. The second-order valence-corrected chi connectivity index (χ2v) is 5.41. The monoisotopic (exact) mass is 282 g/mol. The molecule has 0 aliphatic heterocycles. The topological polar surface area (TPSA) is 9.23 Å². The third-order valence-corrected chi connectivity index (χ3v) is 3.07. The van der Waals surface area contributed by atoms with Crippen molar-refractivity contribution in [3.8, 4) is 0 Å². The zero-order valence-corrected chi connectivity index (χ0v) is 13.6. The van der Waals surface area contributed by atoms with Crippen molar-refractivity contribution in [3.05, 3.63) is 77.8 Å². The van der Waals surface area contributed by atoms with Gasteiger partial charge in [0, 0.05) is 0 Å². The van der Waals surface area contributed by atoms with Gasteiger partial charge in [-0.2, -0.15) is 0 Å². The fourth-order valence-electron chi connectivity index (χ4n) is 1.81. The molecule has 0 amide bonds. The highest BCUT2D eigenvalue weighted by molar-refractivity contribution is 5.62. The van der Waals surface area contributed by atoms with E-state index in [-0.39, 0.29) is 0 Å². The Morgan fingerprint density at radius 2 is 1.62 bits per heavy atom. The maximum absolute atomic E-state index is 5.47. The number of benzene rings is 1. The molecule has 112 valence electrons. The standard InChI is InChI=1S/C20H26O/c1-17(2)10-8-9-11-18(3)14-15-21-16-19(4)20-12-6-5-7-13-20/h5-7,10-16H,8-9H2,1-4H3/b15-14+,18-11+,19-16+. The molecular weight excluding hydrogens is 256 g/mol. The number of rotatable bonds is 7.